The molecular formula is C22H21FN2O4S. The summed E-state index contributed by atoms with van der Waals surface area (Å²) in [4.78, 5) is 17.0. The molecule has 2 aromatic carbocycles. The van der Waals surface area contributed by atoms with Crippen molar-refractivity contribution in [1.82, 2.24) is 9.29 Å². The Bertz CT molecular complexity index is 1160. The van der Waals surface area contributed by atoms with Crippen molar-refractivity contribution in [3.63, 3.8) is 0 Å². The van der Waals surface area contributed by atoms with Gasteiger partial charge >= 0.3 is 5.97 Å². The quantitative estimate of drug-likeness (QED) is 0.581. The van der Waals surface area contributed by atoms with Crippen LogP contribution in [0.25, 0.3) is 10.9 Å². The van der Waals surface area contributed by atoms with Crippen LogP contribution in [0.2, 0.25) is 0 Å². The van der Waals surface area contributed by atoms with Gasteiger partial charge in [-0.05, 0) is 43.2 Å². The highest BCUT2D eigenvalue weighted by Crippen LogP contribution is 2.25. The zero-order valence-corrected chi connectivity index (χ0v) is 17.0. The highest BCUT2D eigenvalue weighted by molar-refractivity contribution is 7.89. The first-order valence-corrected chi connectivity index (χ1v) is 11.1. The molecule has 1 fully saturated rings. The lowest BCUT2D eigenvalue weighted by atomic mass is 10.00. The van der Waals surface area contributed by atoms with Gasteiger partial charge in [-0.1, -0.05) is 24.3 Å². The average Bonchev–Trinajstić information content (AvgIpc) is 2.78. The van der Waals surface area contributed by atoms with Crippen molar-refractivity contribution < 1.29 is 22.3 Å². The van der Waals surface area contributed by atoms with E-state index in [1.165, 1.54) is 16.4 Å². The number of rotatable bonds is 5. The summed E-state index contributed by atoms with van der Waals surface area (Å²) >= 11 is 0. The van der Waals surface area contributed by atoms with Gasteiger partial charge in [-0.2, -0.15) is 4.31 Å². The number of pyridine rings is 1. The van der Waals surface area contributed by atoms with E-state index in [2.05, 4.69) is 4.98 Å². The number of benzene rings is 2. The number of hydrogen-bond donors (Lipinski definition) is 0. The molecule has 1 aliphatic rings. The number of hydrogen-bond acceptors (Lipinski definition) is 5. The standard InChI is InChI=1S/C22H21FN2O4S/c23-19-8-10-20(11-9-19)30(27,28)25-13-3-7-17(14-25)22(26)29-15-18-5-1-4-16-6-2-12-24-21(16)18/h1-2,4-6,8-12,17H,3,7,13-15H2. The van der Waals surface area contributed by atoms with Crippen LogP contribution in [0.4, 0.5) is 4.39 Å². The van der Waals surface area contributed by atoms with E-state index >= 15 is 0 Å². The lowest BCUT2D eigenvalue weighted by molar-refractivity contribution is -0.151. The number of carbonyl (C=O) groups is 1. The van der Waals surface area contributed by atoms with E-state index in [0.717, 1.165) is 28.6 Å². The normalized spacial score (nSPS) is 17.7. The van der Waals surface area contributed by atoms with Crippen molar-refractivity contribution in [2.24, 2.45) is 5.92 Å². The molecule has 1 unspecified atom stereocenters. The van der Waals surface area contributed by atoms with Gasteiger partial charge in [0, 0.05) is 30.2 Å². The number of para-hydroxylation sites is 1. The summed E-state index contributed by atoms with van der Waals surface area (Å²) in [6.45, 7) is 0.442. The van der Waals surface area contributed by atoms with Crippen molar-refractivity contribution >= 4 is 26.9 Å². The maximum Gasteiger partial charge on any atom is 0.310 e. The third kappa shape index (κ3) is 4.20. The fraction of sp³-hybridized carbons (Fsp3) is 0.273. The number of fused-ring (bicyclic) bond motifs is 1. The van der Waals surface area contributed by atoms with Crippen LogP contribution in [0.5, 0.6) is 0 Å². The first kappa shape index (κ1) is 20.4. The Labute approximate surface area is 174 Å². The van der Waals surface area contributed by atoms with Gasteiger partial charge in [-0.25, -0.2) is 12.8 Å². The Morgan fingerprint density at radius 2 is 1.90 bits per heavy atom. The van der Waals surface area contributed by atoms with Crippen molar-refractivity contribution in [2.45, 2.75) is 24.3 Å². The molecular weight excluding hydrogens is 407 g/mol. The van der Waals surface area contributed by atoms with Crippen LogP contribution >= 0.6 is 0 Å². The third-order valence-corrected chi connectivity index (χ3v) is 7.13. The van der Waals surface area contributed by atoms with Crippen molar-refractivity contribution in [3.05, 3.63) is 72.2 Å². The number of piperidine rings is 1. The number of aromatic nitrogens is 1. The fourth-order valence-electron chi connectivity index (χ4n) is 3.66. The van der Waals surface area contributed by atoms with Crippen molar-refractivity contribution in [2.75, 3.05) is 13.1 Å². The van der Waals surface area contributed by atoms with E-state index < -0.39 is 27.7 Å². The summed E-state index contributed by atoms with van der Waals surface area (Å²) in [7, 11) is -3.79. The number of ether oxygens (including phenoxy) is 1. The number of sulfonamides is 1. The summed E-state index contributed by atoms with van der Waals surface area (Å²) in [5, 5.41) is 0.959. The van der Waals surface area contributed by atoms with Crippen LogP contribution in [-0.2, 0) is 26.2 Å². The van der Waals surface area contributed by atoms with Crippen LogP contribution < -0.4 is 0 Å². The van der Waals surface area contributed by atoms with Gasteiger partial charge in [0.1, 0.15) is 12.4 Å². The summed E-state index contributed by atoms with van der Waals surface area (Å²) in [6, 6.07) is 14.2. The van der Waals surface area contributed by atoms with Gasteiger partial charge in [-0.15, -0.1) is 0 Å². The zero-order valence-electron chi connectivity index (χ0n) is 16.2. The Morgan fingerprint density at radius 1 is 1.13 bits per heavy atom. The molecule has 0 N–H and O–H groups in total. The fourth-order valence-corrected chi connectivity index (χ4v) is 5.18. The van der Waals surface area contributed by atoms with Gasteiger partial charge < -0.3 is 4.74 Å². The molecule has 0 spiro atoms. The van der Waals surface area contributed by atoms with Gasteiger partial charge in [0.2, 0.25) is 10.0 Å². The molecule has 1 atom stereocenters. The second-order valence-corrected chi connectivity index (χ2v) is 9.19. The minimum absolute atomic E-state index is 0.0137. The van der Waals surface area contributed by atoms with E-state index in [1.54, 1.807) is 6.20 Å². The summed E-state index contributed by atoms with van der Waals surface area (Å²) in [5.41, 5.74) is 1.57. The lowest BCUT2D eigenvalue weighted by Crippen LogP contribution is -2.42. The zero-order chi connectivity index (χ0) is 21.1. The number of carbonyl (C=O) groups excluding carboxylic acids is 1. The van der Waals surface area contributed by atoms with Gasteiger partial charge in [0.15, 0.2) is 0 Å². The molecule has 2 heterocycles. The predicted octanol–water partition coefficient (Wildman–Crippen LogP) is 3.52. The average molecular weight is 428 g/mol. The molecule has 0 amide bonds. The Kier molecular flexibility index (Phi) is 5.78. The maximum absolute atomic E-state index is 13.1. The van der Waals surface area contributed by atoms with E-state index in [-0.39, 0.29) is 18.0 Å². The van der Waals surface area contributed by atoms with Gasteiger partial charge in [0.05, 0.1) is 16.3 Å². The SMILES string of the molecule is O=C(OCc1cccc2cccnc12)C1CCCN(S(=O)(=O)c2ccc(F)cc2)C1. The molecule has 156 valence electrons. The van der Waals surface area contributed by atoms with E-state index in [1.807, 2.05) is 30.3 Å². The highest BCUT2D eigenvalue weighted by atomic mass is 32.2. The number of halogens is 1. The lowest BCUT2D eigenvalue weighted by Gasteiger charge is -2.30. The molecule has 6 nitrogen and oxygen atoms in total. The second kappa shape index (κ2) is 8.49. The number of esters is 1. The van der Waals surface area contributed by atoms with Gasteiger partial charge in [0.25, 0.3) is 0 Å². The molecule has 0 saturated carbocycles. The molecule has 3 aromatic rings. The molecule has 1 aliphatic heterocycles. The third-order valence-electron chi connectivity index (χ3n) is 5.26. The summed E-state index contributed by atoms with van der Waals surface area (Å²) < 4.78 is 45.6. The molecule has 30 heavy (non-hydrogen) atoms. The summed E-state index contributed by atoms with van der Waals surface area (Å²) in [5.74, 6) is -1.48. The molecule has 0 radical (unpaired) electrons. The van der Waals surface area contributed by atoms with E-state index in [9.17, 15) is 17.6 Å². The minimum Gasteiger partial charge on any atom is -0.460 e. The van der Waals surface area contributed by atoms with Crippen LogP contribution in [0.15, 0.2) is 65.7 Å². The van der Waals surface area contributed by atoms with Crippen LogP contribution in [0.3, 0.4) is 0 Å². The van der Waals surface area contributed by atoms with Crippen molar-refractivity contribution in [1.29, 1.82) is 0 Å². The Morgan fingerprint density at radius 3 is 2.70 bits per heavy atom. The second-order valence-electron chi connectivity index (χ2n) is 7.26. The Balaban J connectivity index is 1.44. The molecule has 4 rings (SSSR count). The molecule has 1 aromatic heterocycles. The topological polar surface area (TPSA) is 76.6 Å². The molecule has 0 bridgehead atoms. The maximum atomic E-state index is 13.1. The first-order valence-electron chi connectivity index (χ1n) is 9.70. The van der Waals surface area contributed by atoms with E-state index in [0.29, 0.717) is 19.4 Å². The summed E-state index contributed by atoms with van der Waals surface area (Å²) in [6.07, 6.45) is 2.80. The Hall–Kier alpha value is -2.84. The van der Waals surface area contributed by atoms with Gasteiger partial charge in [-0.3, -0.25) is 9.78 Å². The van der Waals surface area contributed by atoms with Crippen LogP contribution in [-0.4, -0.2) is 36.8 Å². The van der Waals surface area contributed by atoms with Crippen LogP contribution in [0, 0.1) is 11.7 Å². The monoisotopic (exact) mass is 428 g/mol. The molecule has 0 aliphatic carbocycles. The van der Waals surface area contributed by atoms with Crippen LogP contribution in [0.1, 0.15) is 18.4 Å². The smallest absolute Gasteiger partial charge is 0.310 e. The van der Waals surface area contributed by atoms with Crippen molar-refractivity contribution in [3.8, 4) is 0 Å². The predicted molar refractivity (Wildman–Crippen MR) is 109 cm³/mol. The highest BCUT2D eigenvalue weighted by Gasteiger charge is 2.34. The largest absolute Gasteiger partial charge is 0.460 e. The minimum atomic E-state index is -3.79. The molecule has 8 heteroatoms. The van der Waals surface area contributed by atoms with E-state index in [4.69, 9.17) is 4.74 Å². The number of nitrogens with zero attached hydrogens (tertiary/aromatic N) is 2. The first-order chi connectivity index (χ1) is 14.4. The molecule has 1 saturated heterocycles.